The molecule has 0 saturated heterocycles. The van der Waals surface area contributed by atoms with E-state index in [9.17, 15) is 9.59 Å². The Kier molecular flexibility index (Phi) is 5.49. The highest BCUT2D eigenvalue weighted by Gasteiger charge is 2.25. The summed E-state index contributed by atoms with van der Waals surface area (Å²) in [7, 11) is 1.24. The minimum absolute atomic E-state index is 0.397. The topological polar surface area (TPSA) is 78.6 Å². The second-order valence-electron chi connectivity index (χ2n) is 5.10. The lowest BCUT2D eigenvalue weighted by Crippen LogP contribution is -2.43. The molecular formula is C18H19NO4. The van der Waals surface area contributed by atoms with Crippen LogP contribution in [0.1, 0.15) is 17.3 Å². The van der Waals surface area contributed by atoms with E-state index in [2.05, 4.69) is 4.74 Å². The van der Waals surface area contributed by atoms with Crippen molar-refractivity contribution in [3.63, 3.8) is 0 Å². The normalized spacial score (nSPS) is 13.0. The van der Waals surface area contributed by atoms with Crippen molar-refractivity contribution in [1.82, 2.24) is 0 Å². The van der Waals surface area contributed by atoms with Crippen LogP contribution in [0.2, 0.25) is 0 Å². The third-order valence-corrected chi connectivity index (χ3v) is 3.50. The summed E-state index contributed by atoms with van der Waals surface area (Å²) in [4.78, 5) is 23.4. The van der Waals surface area contributed by atoms with Gasteiger partial charge in [-0.05, 0) is 30.2 Å². The second kappa shape index (κ2) is 7.56. The predicted molar refractivity (Wildman–Crippen MR) is 86.7 cm³/mol. The van der Waals surface area contributed by atoms with Crippen LogP contribution < -0.4 is 5.73 Å². The van der Waals surface area contributed by atoms with Crippen LogP contribution in [-0.4, -0.2) is 31.2 Å². The van der Waals surface area contributed by atoms with E-state index >= 15 is 0 Å². The lowest BCUT2D eigenvalue weighted by Gasteiger charge is -2.18. The highest BCUT2D eigenvalue weighted by Crippen LogP contribution is 2.19. The lowest BCUT2D eigenvalue weighted by molar-refractivity contribution is -0.144. The zero-order chi connectivity index (χ0) is 16.8. The van der Waals surface area contributed by atoms with Crippen LogP contribution in [0.3, 0.4) is 0 Å². The molecule has 0 unspecified atom stereocenters. The standard InChI is InChI=1S/C18H19NO4/c1-12(16(19)18(21)22-2)23-17(20)15-10-8-14(9-11-15)13-6-4-3-5-7-13/h3-12,16H,19H2,1-2H3/t12-,16-/m0/s1. The van der Waals surface area contributed by atoms with E-state index in [1.165, 1.54) is 7.11 Å². The van der Waals surface area contributed by atoms with E-state index in [0.717, 1.165) is 11.1 Å². The van der Waals surface area contributed by atoms with Gasteiger partial charge in [-0.1, -0.05) is 42.5 Å². The van der Waals surface area contributed by atoms with Crippen molar-refractivity contribution in [2.24, 2.45) is 5.73 Å². The van der Waals surface area contributed by atoms with Gasteiger partial charge in [0.15, 0.2) is 0 Å². The molecule has 0 saturated carbocycles. The van der Waals surface area contributed by atoms with Gasteiger partial charge >= 0.3 is 11.9 Å². The molecule has 0 heterocycles. The van der Waals surface area contributed by atoms with Crippen LogP contribution in [0, 0.1) is 0 Å². The second-order valence-corrected chi connectivity index (χ2v) is 5.10. The molecular weight excluding hydrogens is 294 g/mol. The summed E-state index contributed by atoms with van der Waals surface area (Å²) in [5.41, 5.74) is 8.11. The van der Waals surface area contributed by atoms with E-state index in [1.54, 1.807) is 19.1 Å². The number of hydrogen-bond acceptors (Lipinski definition) is 5. The Bertz CT molecular complexity index is 667. The Morgan fingerprint density at radius 3 is 2.09 bits per heavy atom. The van der Waals surface area contributed by atoms with Gasteiger partial charge in [-0.2, -0.15) is 0 Å². The van der Waals surface area contributed by atoms with Crippen molar-refractivity contribution in [3.05, 3.63) is 60.2 Å². The summed E-state index contributed by atoms with van der Waals surface area (Å²) in [6.45, 7) is 1.55. The fraction of sp³-hybridized carbons (Fsp3) is 0.222. The van der Waals surface area contributed by atoms with Gasteiger partial charge in [0, 0.05) is 0 Å². The Morgan fingerprint density at radius 1 is 0.957 bits per heavy atom. The fourth-order valence-electron chi connectivity index (χ4n) is 2.07. The fourth-order valence-corrected chi connectivity index (χ4v) is 2.07. The van der Waals surface area contributed by atoms with Crippen molar-refractivity contribution >= 4 is 11.9 Å². The van der Waals surface area contributed by atoms with Crippen molar-refractivity contribution in [3.8, 4) is 11.1 Å². The molecule has 0 aliphatic rings. The zero-order valence-electron chi connectivity index (χ0n) is 13.1. The van der Waals surface area contributed by atoms with Gasteiger partial charge in [0.2, 0.25) is 0 Å². The first-order valence-corrected chi connectivity index (χ1v) is 7.23. The number of carbonyl (C=O) groups is 2. The number of benzene rings is 2. The van der Waals surface area contributed by atoms with E-state index in [0.29, 0.717) is 5.56 Å². The maximum atomic E-state index is 12.1. The summed E-state index contributed by atoms with van der Waals surface area (Å²) < 4.78 is 9.73. The first-order valence-electron chi connectivity index (χ1n) is 7.23. The highest BCUT2D eigenvalue weighted by molar-refractivity contribution is 5.90. The van der Waals surface area contributed by atoms with E-state index in [4.69, 9.17) is 10.5 Å². The molecule has 2 N–H and O–H groups in total. The maximum Gasteiger partial charge on any atom is 0.338 e. The number of carbonyl (C=O) groups excluding carboxylic acids is 2. The zero-order valence-corrected chi connectivity index (χ0v) is 13.1. The summed E-state index contributed by atoms with van der Waals surface area (Å²) in [6, 6.07) is 15.9. The lowest BCUT2D eigenvalue weighted by atomic mass is 10.0. The number of rotatable bonds is 5. The SMILES string of the molecule is COC(=O)[C@@H](N)[C@H](C)OC(=O)c1ccc(-c2ccccc2)cc1. The predicted octanol–water partition coefficient (Wildman–Crippen LogP) is 2.40. The van der Waals surface area contributed by atoms with Crippen molar-refractivity contribution < 1.29 is 19.1 Å². The Hall–Kier alpha value is -2.66. The number of esters is 2. The molecule has 2 atom stereocenters. The van der Waals surface area contributed by atoms with Gasteiger partial charge in [-0.15, -0.1) is 0 Å². The smallest absolute Gasteiger partial charge is 0.338 e. The average molecular weight is 313 g/mol. The van der Waals surface area contributed by atoms with Gasteiger partial charge < -0.3 is 15.2 Å². The molecule has 2 aromatic carbocycles. The number of nitrogens with two attached hydrogens (primary N) is 1. The van der Waals surface area contributed by atoms with Crippen LogP contribution >= 0.6 is 0 Å². The molecule has 0 aromatic heterocycles. The van der Waals surface area contributed by atoms with Gasteiger partial charge in [0.1, 0.15) is 12.1 Å². The monoisotopic (exact) mass is 313 g/mol. The summed E-state index contributed by atoms with van der Waals surface area (Å²) in [5.74, 6) is -1.15. The molecule has 0 amide bonds. The summed E-state index contributed by atoms with van der Waals surface area (Å²) in [6.07, 6.45) is -0.774. The average Bonchev–Trinajstić information content (AvgIpc) is 2.61. The highest BCUT2D eigenvalue weighted by atomic mass is 16.6. The maximum absolute atomic E-state index is 12.1. The molecule has 5 nitrogen and oxygen atoms in total. The van der Waals surface area contributed by atoms with E-state index in [1.807, 2.05) is 42.5 Å². The third kappa shape index (κ3) is 4.17. The van der Waals surface area contributed by atoms with Crippen molar-refractivity contribution in [2.45, 2.75) is 19.1 Å². The summed E-state index contributed by atoms with van der Waals surface area (Å²) in [5, 5.41) is 0. The molecule has 5 heteroatoms. The van der Waals surface area contributed by atoms with E-state index < -0.39 is 24.1 Å². The molecule has 2 aromatic rings. The Labute approximate surface area is 135 Å². The van der Waals surface area contributed by atoms with Crippen molar-refractivity contribution in [1.29, 1.82) is 0 Å². The van der Waals surface area contributed by atoms with Gasteiger partial charge in [-0.3, -0.25) is 4.79 Å². The third-order valence-electron chi connectivity index (χ3n) is 3.50. The molecule has 0 radical (unpaired) electrons. The molecule has 0 bridgehead atoms. The first-order chi connectivity index (χ1) is 11.0. The van der Waals surface area contributed by atoms with Crippen LogP contribution in [0.5, 0.6) is 0 Å². The molecule has 23 heavy (non-hydrogen) atoms. The molecule has 2 rings (SSSR count). The molecule has 0 aliphatic carbocycles. The van der Waals surface area contributed by atoms with Gasteiger partial charge in [-0.25, -0.2) is 4.79 Å². The Balaban J connectivity index is 2.05. The van der Waals surface area contributed by atoms with Crippen LogP contribution in [0.25, 0.3) is 11.1 Å². The molecule has 0 aliphatic heterocycles. The molecule has 120 valence electrons. The quantitative estimate of drug-likeness (QED) is 0.858. The van der Waals surface area contributed by atoms with Crippen LogP contribution in [0.4, 0.5) is 0 Å². The largest absolute Gasteiger partial charge is 0.468 e. The number of ether oxygens (including phenoxy) is 2. The minimum Gasteiger partial charge on any atom is -0.468 e. The number of hydrogen-bond donors (Lipinski definition) is 1. The van der Waals surface area contributed by atoms with Crippen LogP contribution in [0.15, 0.2) is 54.6 Å². The van der Waals surface area contributed by atoms with Crippen molar-refractivity contribution in [2.75, 3.05) is 7.11 Å². The van der Waals surface area contributed by atoms with E-state index in [-0.39, 0.29) is 0 Å². The van der Waals surface area contributed by atoms with Gasteiger partial charge in [0.05, 0.1) is 12.7 Å². The Morgan fingerprint density at radius 2 is 1.52 bits per heavy atom. The van der Waals surface area contributed by atoms with Crippen LogP contribution in [-0.2, 0) is 14.3 Å². The van der Waals surface area contributed by atoms with Gasteiger partial charge in [0.25, 0.3) is 0 Å². The first kappa shape index (κ1) is 16.7. The molecule has 0 spiro atoms. The minimum atomic E-state index is -1.01. The molecule has 0 fully saturated rings. The summed E-state index contributed by atoms with van der Waals surface area (Å²) >= 11 is 0. The number of methoxy groups -OCH3 is 1.